The molecule has 168 valence electrons. The first kappa shape index (κ1) is 21.8. The lowest BCUT2D eigenvalue weighted by molar-refractivity contribution is -0.119. The van der Waals surface area contributed by atoms with E-state index in [1.165, 1.54) is 0 Å². The molecule has 0 atom stereocenters. The van der Waals surface area contributed by atoms with Gasteiger partial charge in [-0.05, 0) is 51.7 Å². The zero-order chi connectivity index (χ0) is 22.8. The minimum Gasteiger partial charge on any atom is -0.365 e. The maximum atomic E-state index is 12.4. The largest absolute Gasteiger partial charge is 0.365 e. The molecule has 3 aromatic heterocycles. The Bertz CT molecular complexity index is 1120. The summed E-state index contributed by atoms with van der Waals surface area (Å²) in [7, 11) is 0. The Morgan fingerprint density at radius 3 is 2.53 bits per heavy atom. The van der Waals surface area contributed by atoms with Gasteiger partial charge in [0.1, 0.15) is 0 Å². The van der Waals surface area contributed by atoms with Crippen molar-refractivity contribution in [2.45, 2.75) is 64.6 Å². The lowest BCUT2D eigenvalue weighted by atomic mass is 9.88. The average molecular weight is 435 g/mol. The van der Waals surface area contributed by atoms with Gasteiger partial charge in [-0.1, -0.05) is 6.07 Å². The Morgan fingerprint density at radius 1 is 1.19 bits per heavy atom. The van der Waals surface area contributed by atoms with Crippen LogP contribution in [0.2, 0.25) is 0 Å². The van der Waals surface area contributed by atoms with Crippen molar-refractivity contribution in [1.82, 2.24) is 19.9 Å². The van der Waals surface area contributed by atoms with Gasteiger partial charge in [-0.3, -0.25) is 14.6 Å². The summed E-state index contributed by atoms with van der Waals surface area (Å²) in [6.07, 6.45) is 10.7. The first-order valence-electron chi connectivity index (χ1n) is 11.1. The third-order valence-electron chi connectivity index (χ3n) is 6.18. The van der Waals surface area contributed by atoms with Crippen molar-refractivity contribution in [3.05, 3.63) is 48.5 Å². The van der Waals surface area contributed by atoms with Gasteiger partial charge in [0, 0.05) is 54.8 Å². The molecule has 8 heteroatoms. The average Bonchev–Trinajstić information content (AvgIpc) is 3.20. The number of anilines is 1. The molecule has 1 fully saturated rings. The molecule has 1 aliphatic rings. The number of aromatic nitrogens is 3. The SMILES string of the molecule is CC(=O)NC1CCC(N(c2c(C(N)=O)cnn3cc(-c4cccnc4)cc23)C(C)C)CC1. The molecule has 8 nitrogen and oxygen atoms in total. The summed E-state index contributed by atoms with van der Waals surface area (Å²) in [5, 5.41) is 7.50. The standard InChI is InChI=1S/C24H30N6O2/c1-15(2)30(20-8-6-19(7-9-20)28-16(3)31)23-21(24(25)32)13-27-29-14-18(11-22(23)29)17-5-4-10-26-12-17/h4-5,10-15,19-20H,6-9H2,1-3H3,(H2,25,32)(H,28,31). The van der Waals surface area contributed by atoms with Gasteiger partial charge >= 0.3 is 0 Å². The maximum Gasteiger partial charge on any atom is 0.252 e. The van der Waals surface area contributed by atoms with E-state index in [9.17, 15) is 9.59 Å². The van der Waals surface area contributed by atoms with Crippen molar-refractivity contribution in [2.75, 3.05) is 4.90 Å². The smallest absolute Gasteiger partial charge is 0.252 e. The molecule has 3 aromatic rings. The minimum atomic E-state index is -0.489. The molecule has 0 aliphatic heterocycles. The molecule has 3 N–H and O–H groups in total. The number of hydrogen-bond donors (Lipinski definition) is 2. The third-order valence-corrected chi connectivity index (χ3v) is 6.18. The Labute approximate surface area is 187 Å². The topological polar surface area (TPSA) is 106 Å². The molecule has 0 radical (unpaired) electrons. The van der Waals surface area contributed by atoms with Gasteiger partial charge in [0.2, 0.25) is 5.91 Å². The number of carbonyl (C=O) groups is 2. The number of primary amides is 1. The Morgan fingerprint density at radius 2 is 1.94 bits per heavy atom. The Hall–Kier alpha value is -3.42. The van der Waals surface area contributed by atoms with Crippen molar-refractivity contribution in [2.24, 2.45) is 5.73 Å². The summed E-state index contributed by atoms with van der Waals surface area (Å²) in [4.78, 5) is 30.4. The molecule has 1 aliphatic carbocycles. The highest BCUT2D eigenvalue weighted by atomic mass is 16.1. The van der Waals surface area contributed by atoms with Crippen molar-refractivity contribution in [1.29, 1.82) is 0 Å². The van der Waals surface area contributed by atoms with Crippen LogP contribution in [0.1, 0.15) is 56.8 Å². The van der Waals surface area contributed by atoms with E-state index in [-0.39, 0.29) is 24.0 Å². The summed E-state index contributed by atoms with van der Waals surface area (Å²) in [5.74, 6) is -0.478. The Kier molecular flexibility index (Phi) is 6.12. The fourth-order valence-electron chi connectivity index (χ4n) is 4.83. The predicted molar refractivity (Wildman–Crippen MR) is 124 cm³/mol. The first-order chi connectivity index (χ1) is 15.3. The van der Waals surface area contributed by atoms with Gasteiger partial charge in [0.05, 0.1) is 23.0 Å². The van der Waals surface area contributed by atoms with E-state index in [2.05, 4.69) is 34.1 Å². The van der Waals surface area contributed by atoms with E-state index in [4.69, 9.17) is 5.73 Å². The zero-order valence-corrected chi connectivity index (χ0v) is 18.8. The molecule has 0 bridgehead atoms. The van der Waals surface area contributed by atoms with Crippen LogP contribution in [-0.2, 0) is 4.79 Å². The van der Waals surface area contributed by atoms with Crippen molar-refractivity contribution in [3.63, 3.8) is 0 Å². The molecule has 0 spiro atoms. The number of pyridine rings is 1. The third kappa shape index (κ3) is 4.30. The molecule has 0 unspecified atom stereocenters. The van der Waals surface area contributed by atoms with Crippen LogP contribution in [0.4, 0.5) is 5.69 Å². The summed E-state index contributed by atoms with van der Waals surface area (Å²) < 4.78 is 1.81. The van der Waals surface area contributed by atoms with Crippen LogP contribution in [0.3, 0.4) is 0 Å². The van der Waals surface area contributed by atoms with Crippen LogP contribution in [0, 0.1) is 0 Å². The predicted octanol–water partition coefficient (Wildman–Crippen LogP) is 3.16. The van der Waals surface area contributed by atoms with E-state index < -0.39 is 5.91 Å². The molecular formula is C24H30N6O2. The summed E-state index contributed by atoms with van der Waals surface area (Å²) >= 11 is 0. The normalized spacial score (nSPS) is 18.6. The quantitative estimate of drug-likeness (QED) is 0.620. The van der Waals surface area contributed by atoms with Crippen LogP contribution in [-0.4, -0.2) is 44.5 Å². The second-order valence-corrected chi connectivity index (χ2v) is 8.78. The van der Waals surface area contributed by atoms with E-state index in [0.29, 0.717) is 5.56 Å². The number of nitrogens with zero attached hydrogens (tertiary/aromatic N) is 4. The van der Waals surface area contributed by atoms with Crippen molar-refractivity contribution >= 4 is 23.0 Å². The summed E-state index contributed by atoms with van der Waals surface area (Å²) in [6, 6.07) is 6.54. The monoisotopic (exact) mass is 434 g/mol. The number of fused-ring (bicyclic) bond motifs is 1. The molecule has 0 aromatic carbocycles. The molecule has 4 rings (SSSR count). The van der Waals surface area contributed by atoms with E-state index in [0.717, 1.165) is 48.0 Å². The van der Waals surface area contributed by atoms with E-state index in [1.807, 2.05) is 35.1 Å². The van der Waals surface area contributed by atoms with Gasteiger partial charge < -0.3 is 16.0 Å². The molecule has 2 amide bonds. The van der Waals surface area contributed by atoms with E-state index >= 15 is 0 Å². The molecule has 1 saturated carbocycles. The highest BCUT2D eigenvalue weighted by molar-refractivity contribution is 6.02. The second kappa shape index (κ2) is 8.98. The van der Waals surface area contributed by atoms with Crippen molar-refractivity contribution < 1.29 is 9.59 Å². The number of hydrogen-bond acceptors (Lipinski definition) is 5. The van der Waals surface area contributed by atoms with Gasteiger partial charge in [-0.2, -0.15) is 5.10 Å². The number of nitrogens with one attached hydrogen (secondary N) is 1. The van der Waals surface area contributed by atoms with Crippen LogP contribution in [0.5, 0.6) is 0 Å². The van der Waals surface area contributed by atoms with Crippen LogP contribution >= 0.6 is 0 Å². The minimum absolute atomic E-state index is 0.0112. The van der Waals surface area contributed by atoms with Crippen LogP contribution in [0.15, 0.2) is 43.0 Å². The number of nitrogens with two attached hydrogens (primary N) is 1. The highest BCUT2D eigenvalue weighted by Crippen LogP contribution is 2.36. The number of carbonyl (C=O) groups excluding carboxylic acids is 2. The van der Waals surface area contributed by atoms with Gasteiger partial charge in [0.15, 0.2) is 0 Å². The molecular weight excluding hydrogens is 404 g/mol. The van der Waals surface area contributed by atoms with Crippen molar-refractivity contribution in [3.8, 4) is 11.1 Å². The maximum absolute atomic E-state index is 12.4. The van der Waals surface area contributed by atoms with Crippen LogP contribution in [0.25, 0.3) is 16.6 Å². The Balaban J connectivity index is 1.77. The molecule has 3 heterocycles. The summed E-state index contributed by atoms with van der Waals surface area (Å²) in [5.41, 5.74) is 9.84. The fraction of sp³-hybridized carbons (Fsp3) is 0.417. The molecule has 32 heavy (non-hydrogen) atoms. The molecule has 0 saturated heterocycles. The van der Waals surface area contributed by atoms with Gasteiger partial charge in [0.25, 0.3) is 5.91 Å². The van der Waals surface area contributed by atoms with Gasteiger partial charge in [-0.25, -0.2) is 4.52 Å². The zero-order valence-electron chi connectivity index (χ0n) is 18.8. The number of rotatable bonds is 6. The first-order valence-corrected chi connectivity index (χ1v) is 11.1. The van der Waals surface area contributed by atoms with E-state index in [1.54, 1.807) is 19.3 Å². The number of amides is 2. The second-order valence-electron chi connectivity index (χ2n) is 8.78. The lowest BCUT2D eigenvalue weighted by Gasteiger charge is -2.41. The fourth-order valence-corrected chi connectivity index (χ4v) is 4.83. The lowest BCUT2D eigenvalue weighted by Crippen LogP contribution is -2.47. The highest BCUT2D eigenvalue weighted by Gasteiger charge is 2.31. The van der Waals surface area contributed by atoms with Crippen LogP contribution < -0.4 is 16.0 Å². The van der Waals surface area contributed by atoms with Gasteiger partial charge in [-0.15, -0.1) is 0 Å². The summed E-state index contributed by atoms with van der Waals surface area (Å²) in [6.45, 7) is 5.82.